The third-order valence-electron chi connectivity index (χ3n) is 6.05. The number of nitrogens with one attached hydrogen (secondary N) is 1. The molecule has 0 saturated carbocycles. The van der Waals surface area contributed by atoms with Crippen molar-refractivity contribution in [1.29, 1.82) is 0 Å². The molecule has 0 spiro atoms. The van der Waals surface area contributed by atoms with Crippen LogP contribution in [0.4, 0.5) is 5.69 Å². The van der Waals surface area contributed by atoms with Crippen molar-refractivity contribution in [2.24, 2.45) is 0 Å². The number of para-hydroxylation sites is 1. The highest BCUT2D eigenvalue weighted by Crippen LogP contribution is 2.36. The van der Waals surface area contributed by atoms with Gasteiger partial charge in [-0.1, -0.05) is 55.5 Å². The highest BCUT2D eigenvalue weighted by Gasteiger charge is 2.24. The fourth-order valence-corrected chi connectivity index (χ4v) is 5.46. The first kappa shape index (κ1) is 23.7. The summed E-state index contributed by atoms with van der Waals surface area (Å²) in [4.78, 5) is 31.2. The number of esters is 1. The molecule has 6 heteroatoms. The number of rotatable bonds is 6. The molecule has 4 aromatic carbocycles. The molecular weight excluding hydrogens is 468 g/mol. The highest BCUT2D eigenvalue weighted by molar-refractivity contribution is 7.21. The minimum Gasteiger partial charge on any atom is -0.449 e. The molecule has 0 bridgehead atoms. The highest BCUT2D eigenvalue weighted by atomic mass is 32.1. The maximum atomic E-state index is 13.4. The van der Waals surface area contributed by atoms with Gasteiger partial charge < -0.3 is 10.1 Å². The van der Waals surface area contributed by atoms with Crippen LogP contribution in [0.15, 0.2) is 78.9 Å². The van der Waals surface area contributed by atoms with Gasteiger partial charge in [0.2, 0.25) is 0 Å². The standard InChI is InChI=1S/C30H26N2O3S/c1-4-25(28(33)31-21-16-18(2)15-19(3)17-21)35-30(34)23-12-8-10-20-9-7-11-22(27(20)23)29-32-24-13-5-6-14-26(24)36-29/h5-17,25H,4H2,1-3H3,(H,31,33). The van der Waals surface area contributed by atoms with Crippen LogP contribution in [0, 0.1) is 13.8 Å². The lowest BCUT2D eigenvalue weighted by atomic mass is 9.99. The Hall–Kier alpha value is -4.03. The normalized spacial score (nSPS) is 12.0. The summed E-state index contributed by atoms with van der Waals surface area (Å²) >= 11 is 1.59. The number of hydrogen-bond donors (Lipinski definition) is 1. The molecular formula is C30H26N2O3S. The summed E-state index contributed by atoms with van der Waals surface area (Å²) < 4.78 is 6.85. The summed E-state index contributed by atoms with van der Waals surface area (Å²) in [5.41, 5.74) is 5.00. The second-order valence-corrected chi connectivity index (χ2v) is 9.89. The topological polar surface area (TPSA) is 68.3 Å². The van der Waals surface area contributed by atoms with Gasteiger partial charge in [0, 0.05) is 16.6 Å². The summed E-state index contributed by atoms with van der Waals surface area (Å²) in [6.07, 6.45) is -0.555. The van der Waals surface area contributed by atoms with Crippen molar-refractivity contribution in [3.05, 3.63) is 95.6 Å². The molecule has 5 aromatic rings. The molecule has 0 aliphatic rings. The van der Waals surface area contributed by atoms with Gasteiger partial charge in [0.25, 0.3) is 5.91 Å². The van der Waals surface area contributed by atoms with Crippen LogP contribution < -0.4 is 5.32 Å². The lowest BCUT2D eigenvalue weighted by Gasteiger charge is -2.18. The zero-order valence-electron chi connectivity index (χ0n) is 20.4. The Bertz CT molecular complexity index is 1550. The SMILES string of the molecule is CCC(OC(=O)c1cccc2cccc(-c3nc4ccccc4s3)c12)C(=O)Nc1cc(C)cc(C)c1. The Kier molecular flexibility index (Phi) is 6.53. The molecule has 1 N–H and O–H groups in total. The number of thiazole rings is 1. The summed E-state index contributed by atoms with van der Waals surface area (Å²) in [6, 6.07) is 25.3. The fraction of sp³-hybridized carbons (Fsp3) is 0.167. The molecule has 0 aliphatic carbocycles. The van der Waals surface area contributed by atoms with Crippen LogP contribution in [0.25, 0.3) is 31.6 Å². The van der Waals surface area contributed by atoms with Crippen LogP contribution in [0.3, 0.4) is 0 Å². The van der Waals surface area contributed by atoms with Crippen LogP contribution >= 0.6 is 11.3 Å². The van der Waals surface area contributed by atoms with E-state index in [4.69, 9.17) is 9.72 Å². The molecule has 5 rings (SSSR count). The van der Waals surface area contributed by atoms with Gasteiger partial charge in [0.05, 0.1) is 15.8 Å². The van der Waals surface area contributed by atoms with Gasteiger partial charge in [0.15, 0.2) is 6.10 Å². The molecule has 1 unspecified atom stereocenters. The van der Waals surface area contributed by atoms with E-state index in [1.54, 1.807) is 17.4 Å². The van der Waals surface area contributed by atoms with Crippen molar-refractivity contribution in [3.63, 3.8) is 0 Å². The Morgan fingerprint density at radius 3 is 2.39 bits per heavy atom. The molecule has 0 saturated heterocycles. The number of carbonyl (C=O) groups is 2. The Morgan fingerprint density at radius 1 is 0.944 bits per heavy atom. The van der Waals surface area contributed by atoms with Crippen molar-refractivity contribution < 1.29 is 14.3 Å². The molecule has 1 amide bonds. The zero-order valence-corrected chi connectivity index (χ0v) is 21.2. The van der Waals surface area contributed by atoms with E-state index in [2.05, 4.69) is 5.32 Å². The summed E-state index contributed by atoms with van der Waals surface area (Å²) in [7, 11) is 0. The average Bonchev–Trinajstić information content (AvgIpc) is 3.30. The predicted molar refractivity (Wildman–Crippen MR) is 147 cm³/mol. The summed E-state index contributed by atoms with van der Waals surface area (Å²) in [5, 5.41) is 5.41. The molecule has 0 radical (unpaired) electrons. The number of hydrogen-bond acceptors (Lipinski definition) is 5. The van der Waals surface area contributed by atoms with Gasteiger partial charge in [-0.3, -0.25) is 4.79 Å². The third-order valence-corrected chi connectivity index (χ3v) is 7.12. The van der Waals surface area contributed by atoms with E-state index in [-0.39, 0.29) is 5.91 Å². The van der Waals surface area contributed by atoms with E-state index in [0.29, 0.717) is 17.7 Å². The van der Waals surface area contributed by atoms with Gasteiger partial charge in [-0.2, -0.15) is 0 Å². The molecule has 36 heavy (non-hydrogen) atoms. The molecule has 0 aliphatic heterocycles. The van der Waals surface area contributed by atoms with E-state index in [1.165, 1.54) is 0 Å². The number of carbonyl (C=O) groups excluding carboxylic acids is 2. The Morgan fingerprint density at radius 2 is 1.67 bits per heavy atom. The number of nitrogens with zero attached hydrogens (tertiary/aromatic N) is 1. The van der Waals surface area contributed by atoms with Crippen LogP contribution in [0.2, 0.25) is 0 Å². The van der Waals surface area contributed by atoms with Crippen molar-refractivity contribution in [2.75, 3.05) is 5.32 Å². The lowest BCUT2D eigenvalue weighted by molar-refractivity contribution is -0.124. The second kappa shape index (κ2) is 9.91. The number of ether oxygens (including phenoxy) is 1. The largest absolute Gasteiger partial charge is 0.449 e. The maximum absolute atomic E-state index is 13.4. The van der Waals surface area contributed by atoms with Gasteiger partial charge in [-0.05, 0) is 67.1 Å². The van der Waals surface area contributed by atoms with E-state index < -0.39 is 12.1 Å². The van der Waals surface area contributed by atoms with Crippen molar-refractivity contribution >= 4 is 49.9 Å². The second-order valence-electron chi connectivity index (χ2n) is 8.86. The van der Waals surface area contributed by atoms with Crippen LogP contribution in [-0.2, 0) is 9.53 Å². The van der Waals surface area contributed by atoms with Crippen LogP contribution in [0.5, 0.6) is 0 Å². The summed E-state index contributed by atoms with van der Waals surface area (Å²) in [6.45, 7) is 5.78. The van der Waals surface area contributed by atoms with E-state index >= 15 is 0 Å². The minimum atomic E-state index is -0.914. The van der Waals surface area contributed by atoms with Crippen molar-refractivity contribution in [2.45, 2.75) is 33.3 Å². The van der Waals surface area contributed by atoms with Gasteiger partial charge in [-0.25, -0.2) is 9.78 Å². The molecule has 1 heterocycles. The number of amides is 1. The van der Waals surface area contributed by atoms with Gasteiger partial charge in [0.1, 0.15) is 5.01 Å². The van der Waals surface area contributed by atoms with Crippen molar-refractivity contribution in [1.82, 2.24) is 4.98 Å². The van der Waals surface area contributed by atoms with Gasteiger partial charge in [-0.15, -0.1) is 11.3 Å². The number of benzene rings is 4. The molecule has 5 nitrogen and oxygen atoms in total. The minimum absolute atomic E-state index is 0.345. The van der Waals surface area contributed by atoms with E-state index in [9.17, 15) is 9.59 Å². The first-order valence-electron chi connectivity index (χ1n) is 11.9. The zero-order chi connectivity index (χ0) is 25.2. The number of anilines is 1. The average molecular weight is 495 g/mol. The third kappa shape index (κ3) is 4.72. The molecule has 1 atom stereocenters. The number of fused-ring (bicyclic) bond motifs is 2. The Balaban J connectivity index is 1.47. The predicted octanol–water partition coefficient (Wildman–Crippen LogP) is 7.31. The Labute approximate surface area is 213 Å². The first-order chi connectivity index (χ1) is 17.4. The first-order valence-corrected chi connectivity index (χ1v) is 12.7. The number of aryl methyl sites for hydroxylation is 2. The van der Waals surface area contributed by atoms with Gasteiger partial charge >= 0.3 is 5.97 Å². The lowest BCUT2D eigenvalue weighted by Crippen LogP contribution is -2.32. The molecule has 0 fully saturated rings. The molecule has 1 aromatic heterocycles. The monoisotopic (exact) mass is 494 g/mol. The van der Waals surface area contributed by atoms with Crippen molar-refractivity contribution in [3.8, 4) is 10.6 Å². The van der Waals surface area contributed by atoms with Crippen LogP contribution in [-0.4, -0.2) is 23.0 Å². The van der Waals surface area contributed by atoms with E-state index in [1.807, 2.05) is 93.6 Å². The van der Waals surface area contributed by atoms with E-state index in [0.717, 1.165) is 42.7 Å². The fourth-order valence-electron chi connectivity index (χ4n) is 4.46. The number of aromatic nitrogens is 1. The quantitative estimate of drug-likeness (QED) is 0.251. The summed E-state index contributed by atoms with van der Waals surface area (Å²) in [5.74, 6) is -0.876. The maximum Gasteiger partial charge on any atom is 0.339 e. The molecule has 180 valence electrons. The smallest absolute Gasteiger partial charge is 0.339 e. The van der Waals surface area contributed by atoms with Crippen LogP contribution in [0.1, 0.15) is 34.8 Å².